The third-order valence-corrected chi connectivity index (χ3v) is 4.51. The molecule has 15 heavy (non-hydrogen) atoms. The van der Waals surface area contributed by atoms with Crippen molar-refractivity contribution >= 4 is 0 Å². The zero-order valence-corrected chi connectivity index (χ0v) is 10.2. The van der Waals surface area contributed by atoms with E-state index < -0.39 is 0 Å². The van der Waals surface area contributed by atoms with E-state index in [1.54, 1.807) is 0 Å². The van der Waals surface area contributed by atoms with Crippen LogP contribution in [0.5, 0.6) is 0 Å². The molecule has 0 aliphatic heterocycles. The summed E-state index contributed by atoms with van der Waals surface area (Å²) in [4.78, 5) is 0. The van der Waals surface area contributed by atoms with Crippen molar-refractivity contribution < 1.29 is 9.84 Å². The van der Waals surface area contributed by atoms with Gasteiger partial charge in [0.1, 0.15) is 0 Å². The van der Waals surface area contributed by atoms with Crippen LogP contribution in [-0.2, 0) is 4.74 Å². The zero-order chi connectivity index (χ0) is 11.1. The van der Waals surface area contributed by atoms with Crippen molar-refractivity contribution in [2.24, 2.45) is 17.8 Å². The summed E-state index contributed by atoms with van der Waals surface area (Å²) in [5.74, 6) is 1.83. The molecule has 2 saturated carbocycles. The molecule has 2 rings (SSSR count). The average Bonchev–Trinajstić information content (AvgIpc) is 2.60. The Bertz CT molecular complexity index is 211. The quantitative estimate of drug-likeness (QED) is 0.779. The molecule has 2 unspecified atom stereocenters. The maximum absolute atomic E-state index is 10.4. The lowest BCUT2D eigenvalue weighted by atomic mass is 9.86. The van der Waals surface area contributed by atoms with Gasteiger partial charge in [0.15, 0.2) is 0 Å². The highest BCUT2D eigenvalue weighted by Crippen LogP contribution is 2.51. The van der Waals surface area contributed by atoms with Gasteiger partial charge in [-0.3, -0.25) is 0 Å². The van der Waals surface area contributed by atoms with Gasteiger partial charge in [0.25, 0.3) is 0 Å². The van der Waals surface area contributed by atoms with Crippen LogP contribution in [0.2, 0.25) is 0 Å². The predicted molar refractivity (Wildman–Crippen MR) is 60.6 cm³/mol. The van der Waals surface area contributed by atoms with Gasteiger partial charge in [-0.15, -0.1) is 0 Å². The van der Waals surface area contributed by atoms with E-state index in [4.69, 9.17) is 4.74 Å². The minimum absolute atomic E-state index is 0.382. The number of rotatable bonds is 3. The van der Waals surface area contributed by atoms with Gasteiger partial charge < -0.3 is 9.84 Å². The fraction of sp³-hybridized carbons (Fsp3) is 1.00. The van der Waals surface area contributed by atoms with E-state index in [0.717, 1.165) is 19.4 Å². The number of hydrogen-bond acceptors (Lipinski definition) is 2. The van der Waals surface area contributed by atoms with E-state index in [2.05, 4.69) is 20.8 Å². The maximum Gasteiger partial charge on any atom is 0.0676 e. The van der Waals surface area contributed by atoms with Gasteiger partial charge in [-0.05, 0) is 50.4 Å². The van der Waals surface area contributed by atoms with Crippen molar-refractivity contribution in [3.8, 4) is 0 Å². The van der Waals surface area contributed by atoms with Crippen LogP contribution in [0.1, 0.15) is 46.5 Å². The molecule has 0 heterocycles. The first kappa shape index (κ1) is 11.4. The Balaban J connectivity index is 1.93. The third kappa shape index (κ3) is 2.07. The molecule has 1 N–H and O–H groups in total. The van der Waals surface area contributed by atoms with Crippen LogP contribution < -0.4 is 0 Å². The molecule has 2 fully saturated rings. The summed E-state index contributed by atoms with van der Waals surface area (Å²) in [6.07, 6.45) is 4.82. The third-order valence-electron chi connectivity index (χ3n) is 4.51. The monoisotopic (exact) mass is 212 g/mol. The van der Waals surface area contributed by atoms with Crippen molar-refractivity contribution in [2.45, 2.75) is 58.2 Å². The molecule has 0 aromatic rings. The molecule has 0 aromatic heterocycles. The van der Waals surface area contributed by atoms with Crippen molar-refractivity contribution in [3.63, 3.8) is 0 Å². The summed E-state index contributed by atoms with van der Waals surface area (Å²) in [6, 6.07) is 0. The summed E-state index contributed by atoms with van der Waals surface area (Å²) in [6.45, 7) is 7.18. The van der Waals surface area contributed by atoms with E-state index in [1.165, 1.54) is 12.8 Å². The molecule has 0 spiro atoms. The number of fused-ring (bicyclic) bond motifs is 1. The number of hydrogen-bond donors (Lipinski definition) is 1. The molecular weight excluding hydrogens is 188 g/mol. The highest BCUT2D eigenvalue weighted by molar-refractivity contribution is 5.01. The molecular formula is C13H24O2. The molecule has 0 aromatic carbocycles. The van der Waals surface area contributed by atoms with E-state index in [9.17, 15) is 5.11 Å². The molecule has 2 heteroatoms. The Labute approximate surface area is 93.0 Å². The van der Waals surface area contributed by atoms with Crippen molar-refractivity contribution in [3.05, 3.63) is 0 Å². The second-order valence-electron chi connectivity index (χ2n) is 5.74. The summed E-state index contributed by atoms with van der Waals surface area (Å²) in [5.41, 5.74) is -0.382. The van der Waals surface area contributed by atoms with Crippen LogP contribution in [-0.4, -0.2) is 23.4 Å². The topological polar surface area (TPSA) is 29.5 Å². The van der Waals surface area contributed by atoms with E-state index >= 15 is 0 Å². The maximum atomic E-state index is 10.4. The zero-order valence-electron chi connectivity index (χ0n) is 10.2. The van der Waals surface area contributed by atoms with Crippen LogP contribution in [0.25, 0.3) is 0 Å². The van der Waals surface area contributed by atoms with Gasteiger partial charge in [0.2, 0.25) is 0 Å². The van der Waals surface area contributed by atoms with Crippen LogP contribution in [0, 0.1) is 17.8 Å². The number of ether oxygens (including phenoxy) is 1. The van der Waals surface area contributed by atoms with E-state index in [1.807, 2.05) is 0 Å². The fourth-order valence-corrected chi connectivity index (χ4v) is 3.49. The van der Waals surface area contributed by atoms with Crippen LogP contribution in [0.4, 0.5) is 0 Å². The van der Waals surface area contributed by atoms with Gasteiger partial charge >= 0.3 is 0 Å². The molecule has 0 amide bonds. The second-order valence-corrected chi connectivity index (χ2v) is 5.74. The Hall–Kier alpha value is -0.0800. The first-order valence-corrected chi connectivity index (χ1v) is 6.39. The fourth-order valence-electron chi connectivity index (χ4n) is 3.49. The number of aliphatic hydroxyl groups is 1. The largest absolute Gasteiger partial charge is 0.390 e. The molecule has 0 saturated heterocycles. The van der Waals surface area contributed by atoms with Crippen molar-refractivity contribution in [2.75, 3.05) is 6.61 Å². The Morgan fingerprint density at radius 2 is 1.80 bits per heavy atom. The molecule has 2 nitrogen and oxygen atoms in total. The molecule has 2 aliphatic rings. The highest BCUT2D eigenvalue weighted by atomic mass is 16.5. The van der Waals surface area contributed by atoms with Crippen LogP contribution >= 0.6 is 0 Å². The lowest BCUT2D eigenvalue weighted by Gasteiger charge is -2.28. The predicted octanol–water partition coefficient (Wildman–Crippen LogP) is 2.60. The molecule has 0 radical (unpaired) electrons. The molecule has 2 aliphatic carbocycles. The van der Waals surface area contributed by atoms with Crippen LogP contribution in [0.3, 0.4) is 0 Å². The molecule has 2 atom stereocenters. The lowest BCUT2D eigenvalue weighted by molar-refractivity contribution is -0.0146. The normalized spacial score (nSPS) is 45.0. The smallest absolute Gasteiger partial charge is 0.0676 e. The Kier molecular flexibility index (Phi) is 3.09. The first-order valence-electron chi connectivity index (χ1n) is 6.39. The van der Waals surface area contributed by atoms with Crippen molar-refractivity contribution in [1.29, 1.82) is 0 Å². The Morgan fingerprint density at radius 3 is 2.20 bits per heavy atom. The van der Waals surface area contributed by atoms with E-state index in [-0.39, 0.29) is 5.60 Å². The second kappa shape index (κ2) is 4.06. The summed E-state index contributed by atoms with van der Waals surface area (Å²) >= 11 is 0. The highest BCUT2D eigenvalue weighted by Gasteiger charge is 2.49. The summed E-state index contributed by atoms with van der Waals surface area (Å²) in [5, 5.41) is 10.4. The lowest BCUT2D eigenvalue weighted by Crippen LogP contribution is -2.32. The average molecular weight is 212 g/mol. The molecule has 0 bridgehead atoms. The minimum Gasteiger partial charge on any atom is -0.390 e. The molecule has 88 valence electrons. The van der Waals surface area contributed by atoms with Crippen molar-refractivity contribution in [1.82, 2.24) is 0 Å². The van der Waals surface area contributed by atoms with Gasteiger partial charge in [-0.1, -0.05) is 13.8 Å². The Morgan fingerprint density at radius 1 is 1.27 bits per heavy atom. The summed E-state index contributed by atoms with van der Waals surface area (Å²) in [7, 11) is 0. The van der Waals surface area contributed by atoms with Gasteiger partial charge in [-0.25, -0.2) is 0 Å². The van der Waals surface area contributed by atoms with Gasteiger partial charge in [0.05, 0.1) is 11.7 Å². The van der Waals surface area contributed by atoms with Gasteiger partial charge in [0, 0.05) is 6.61 Å². The van der Waals surface area contributed by atoms with Gasteiger partial charge in [-0.2, -0.15) is 0 Å². The standard InChI is InChI=1S/C13H24O2/c1-4-15-12-5-10-7-13(14,9(2)3)8-11(10)6-12/h9-12,14H,4-8H2,1-3H3. The summed E-state index contributed by atoms with van der Waals surface area (Å²) < 4.78 is 5.69. The van der Waals surface area contributed by atoms with E-state index in [0.29, 0.717) is 23.9 Å². The van der Waals surface area contributed by atoms with Crippen LogP contribution in [0.15, 0.2) is 0 Å². The minimum atomic E-state index is -0.382. The SMILES string of the molecule is CCOC1CC2CC(O)(C(C)C)CC2C1. The first-order chi connectivity index (χ1) is 7.05.